The minimum absolute atomic E-state index is 0.614. The van der Waals surface area contributed by atoms with Gasteiger partial charge in [0.1, 0.15) is 16.7 Å². The van der Waals surface area contributed by atoms with Crippen LogP contribution in [0.25, 0.3) is 99.9 Å². The summed E-state index contributed by atoms with van der Waals surface area (Å²) in [6.07, 6.45) is 0. The van der Waals surface area contributed by atoms with Crippen molar-refractivity contribution in [3.63, 3.8) is 0 Å². The van der Waals surface area contributed by atoms with E-state index < -0.39 is 0 Å². The Bertz CT molecular complexity index is 2830. The first-order chi connectivity index (χ1) is 23.8. The minimum atomic E-state index is 0.614. The highest BCUT2D eigenvalue weighted by Crippen LogP contribution is 2.39. The van der Waals surface area contributed by atoms with Crippen molar-refractivity contribution >= 4 is 54.8 Å². The molecule has 5 heteroatoms. The van der Waals surface area contributed by atoms with Crippen molar-refractivity contribution < 1.29 is 8.83 Å². The van der Waals surface area contributed by atoms with Crippen LogP contribution in [0.3, 0.4) is 0 Å². The van der Waals surface area contributed by atoms with Gasteiger partial charge in [-0.15, -0.1) is 0 Å². The molecule has 0 N–H and O–H groups in total. The molecule has 0 aliphatic heterocycles. The summed E-state index contributed by atoms with van der Waals surface area (Å²) in [5.41, 5.74) is 9.51. The fourth-order valence-corrected chi connectivity index (χ4v) is 6.86. The van der Waals surface area contributed by atoms with Gasteiger partial charge in [0, 0.05) is 38.2 Å². The maximum absolute atomic E-state index is 6.38. The van der Waals surface area contributed by atoms with E-state index in [4.69, 9.17) is 23.8 Å². The molecule has 224 valence electrons. The number of pyridine rings is 1. The van der Waals surface area contributed by atoms with E-state index in [-0.39, 0.29) is 0 Å². The summed E-state index contributed by atoms with van der Waals surface area (Å²) in [6, 6.07) is 51.5. The number of hydrogen-bond donors (Lipinski definition) is 0. The molecule has 0 atom stereocenters. The third-order valence-corrected chi connectivity index (χ3v) is 9.14. The number of fused-ring (bicyclic) bond motifs is 8. The standard InChI is InChI=1S/C43H25N3O2/c1-2-11-26(12-3-1)35-25-36(45-42(44-35)34-18-10-17-32-29-13-6-8-19-37(29)47-41(32)34)27-21-23-28(24-22-27)40-31-15-5-4-14-30(31)39-33-16-7-9-20-38(33)48-43(39)46-40/h1-25H. The lowest BCUT2D eigenvalue weighted by Gasteiger charge is -2.11. The SMILES string of the molecule is c1ccc(-c2cc(-c3ccc(-c4nc5oc6ccccc6c5c5ccccc45)cc3)nc(-c3cccc4c3oc3ccccc34)n2)cc1. The van der Waals surface area contributed by atoms with Gasteiger partial charge >= 0.3 is 0 Å². The van der Waals surface area contributed by atoms with Crippen LogP contribution < -0.4 is 0 Å². The van der Waals surface area contributed by atoms with E-state index in [9.17, 15) is 0 Å². The first-order valence-corrected chi connectivity index (χ1v) is 15.9. The van der Waals surface area contributed by atoms with E-state index in [1.807, 2.05) is 66.7 Å². The van der Waals surface area contributed by atoms with Gasteiger partial charge in [0.25, 0.3) is 0 Å². The van der Waals surface area contributed by atoms with Gasteiger partial charge in [0.15, 0.2) is 5.82 Å². The largest absolute Gasteiger partial charge is 0.455 e. The fourth-order valence-electron chi connectivity index (χ4n) is 6.86. The number of nitrogens with zero attached hydrogens (tertiary/aromatic N) is 3. The van der Waals surface area contributed by atoms with Crippen molar-refractivity contribution in [1.29, 1.82) is 0 Å². The lowest BCUT2D eigenvalue weighted by molar-refractivity contribution is 0.655. The topological polar surface area (TPSA) is 65.0 Å². The Morgan fingerprint density at radius 2 is 0.979 bits per heavy atom. The first kappa shape index (κ1) is 26.6. The molecule has 6 aromatic carbocycles. The molecule has 4 heterocycles. The maximum Gasteiger partial charge on any atom is 0.228 e. The number of rotatable bonds is 4. The lowest BCUT2D eigenvalue weighted by atomic mass is 9.99. The van der Waals surface area contributed by atoms with Gasteiger partial charge in [-0.05, 0) is 29.7 Å². The Morgan fingerprint density at radius 3 is 1.75 bits per heavy atom. The molecule has 0 unspecified atom stereocenters. The number of aromatic nitrogens is 3. The van der Waals surface area contributed by atoms with E-state index in [2.05, 4.69) is 84.9 Å². The summed E-state index contributed by atoms with van der Waals surface area (Å²) in [4.78, 5) is 15.3. The predicted molar refractivity (Wildman–Crippen MR) is 194 cm³/mol. The molecule has 10 rings (SSSR count). The monoisotopic (exact) mass is 615 g/mol. The van der Waals surface area contributed by atoms with Gasteiger partial charge < -0.3 is 8.83 Å². The molecule has 0 amide bonds. The average Bonchev–Trinajstić information content (AvgIpc) is 3.73. The van der Waals surface area contributed by atoms with E-state index >= 15 is 0 Å². The van der Waals surface area contributed by atoms with Crippen LogP contribution in [0.2, 0.25) is 0 Å². The smallest absolute Gasteiger partial charge is 0.228 e. The van der Waals surface area contributed by atoms with Crippen LogP contribution >= 0.6 is 0 Å². The molecule has 10 aromatic rings. The molecule has 0 aliphatic carbocycles. The van der Waals surface area contributed by atoms with Crippen LogP contribution in [0, 0.1) is 0 Å². The van der Waals surface area contributed by atoms with Crippen LogP contribution in [0.15, 0.2) is 160 Å². The van der Waals surface area contributed by atoms with Crippen molar-refractivity contribution in [3.8, 4) is 45.2 Å². The zero-order valence-electron chi connectivity index (χ0n) is 25.6. The predicted octanol–water partition coefficient (Wildman–Crippen LogP) is 11.5. The third kappa shape index (κ3) is 4.15. The van der Waals surface area contributed by atoms with Crippen molar-refractivity contribution in [1.82, 2.24) is 15.0 Å². The van der Waals surface area contributed by atoms with Crippen LogP contribution in [-0.4, -0.2) is 15.0 Å². The third-order valence-electron chi connectivity index (χ3n) is 9.14. The average molecular weight is 616 g/mol. The number of para-hydroxylation sites is 3. The summed E-state index contributed by atoms with van der Waals surface area (Å²) in [7, 11) is 0. The second-order valence-electron chi connectivity index (χ2n) is 12.0. The van der Waals surface area contributed by atoms with Crippen molar-refractivity contribution in [2.45, 2.75) is 0 Å². The summed E-state index contributed by atoms with van der Waals surface area (Å²) in [5, 5.41) is 6.45. The molecule has 4 aromatic heterocycles. The highest BCUT2D eigenvalue weighted by atomic mass is 16.3. The number of hydrogen-bond acceptors (Lipinski definition) is 5. The van der Waals surface area contributed by atoms with Crippen LogP contribution in [0.5, 0.6) is 0 Å². The molecule has 0 aliphatic rings. The molecule has 0 saturated carbocycles. The Labute approximate surface area is 274 Å². The molecular weight excluding hydrogens is 590 g/mol. The van der Waals surface area contributed by atoms with E-state index in [0.717, 1.165) is 88.4 Å². The summed E-state index contributed by atoms with van der Waals surface area (Å²) in [6.45, 7) is 0. The van der Waals surface area contributed by atoms with Crippen LogP contribution in [0.4, 0.5) is 0 Å². The number of furan rings is 2. The zero-order chi connectivity index (χ0) is 31.6. The molecule has 0 saturated heterocycles. The van der Waals surface area contributed by atoms with Gasteiger partial charge in [-0.3, -0.25) is 0 Å². The maximum atomic E-state index is 6.38. The second kappa shape index (κ2) is 10.5. The van der Waals surface area contributed by atoms with Crippen LogP contribution in [-0.2, 0) is 0 Å². The molecular formula is C43H25N3O2. The molecule has 0 spiro atoms. The van der Waals surface area contributed by atoms with Crippen LogP contribution in [0.1, 0.15) is 0 Å². The van der Waals surface area contributed by atoms with Gasteiger partial charge in [-0.2, -0.15) is 0 Å². The summed E-state index contributed by atoms with van der Waals surface area (Å²) >= 11 is 0. The molecule has 0 fully saturated rings. The van der Waals surface area contributed by atoms with E-state index in [0.29, 0.717) is 11.5 Å². The van der Waals surface area contributed by atoms with E-state index in [1.165, 1.54) is 0 Å². The highest BCUT2D eigenvalue weighted by molar-refractivity contribution is 6.20. The van der Waals surface area contributed by atoms with Crippen molar-refractivity contribution in [2.24, 2.45) is 0 Å². The quantitative estimate of drug-likeness (QED) is 0.197. The van der Waals surface area contributed by atoms with Gasteiger partial charge in [-0.25, -0.2) is 15.0 Å². The minimum Gasteiger partial charge on any atom is -0.455 e. The normalized spacial score (nSPS) is 11.8. The van der Waals surface area contributed by atoms with Crippen molar-refractivity contribution in [2.75, 3.05) is 0 Å². The van der Waals surface area contributed by atoms with E-state index in [1.54, 1.807) is 0 Å². The molecule has 0 bridgehead atoms. The van der Waals surface area contributed by atoms with Gasteiger partial charge in [0.2, 0.25) is 5.71 Å². The zero-order valence-corrected chi connectivity index (χ0v) is 25.6. The van der Waals surface area contributed by atoms with Gasteiger partial charge in [-0.1, -0.05) is 127 Å². The number of benzene rings is 6. The Kier molecular flexibility index (Phi) is 5.81. The molecule has 48 heavy (non-hydrogen) atoms. The Hall–Kier alpha value is -6.59. The van der Waals surface area contributed by atoms with Gasteiger partial charge in [0.05, 0.1) is 28.0 Å². The van der Waals surface area contributed by atoms with Crippen molar-refractivity contribution in [3.05, 3.63) is 152 Å². The molecule has 5 nitrogen and oxygen atoms in total. The second-order valence-corrected chi connectivity index (χ2v) is 12.0. The molecule has 0 radical (unpaired) electrons. The summed E-state index contributed by atoms with van der Waals surface area (Å²) in [5.74, 6) is 0.614. The Morgan fingerprint density at radius 1 is 0.396 bits per heavy atom. The lowest BCUT2D eigenvalue weighted by Crippen LogP contribution is -1.96. The summed E-state index contributed by atoms with van der Waals surface area (Å²) < 4.78 is 12.6. The highest BCUT2D eigenvalue weighted by Gasteiger charge is 2.18. The fraction of sp³-hybridized carbons (Fsp3) is 0. The Balaban J connectivity index is 1.13. The first-order valence-electron chi connectivity index (χ1n) is 15.9.